The van der Waals surface area contributed by atoms with E-state index in [1.165, 1.54) is 0 Å². The third-order valence-corrected chi connectivity index (χ3v) is 2.91. The lowest BCUT2D eigenvalue weighted by Gasteiger charge is -2.06. The molecule has 2 aromatic carbocycles. The van der Waals surface area contributed by atoms with E-state index < -0.39 is 0 Å². The Morgan fingerprint density at radius 1 is 0.842 bits per heavy atom. The van der Waals surface area contributed by atoms with Gasteiger partial charge in [0.1, 0.15) is 5.69 Å². The molecule has 0 fully saturated rings. The SMILES string of the molecule is Cc1ccccc1N=Nc1ccc(N)c(C)c1N.Cl. The normalized spacial score (nSPS) is 10.4. The molecule has 4 nitrogen and oxygen atoms in total. The zero-order valence-electron chi connectivity index (χ0n) is 10.9. The van der Waals surface area contributed by atoms with Crippen molar-refractivity contribution in [1.29, 1.82) is 0 Å². The second-order valence-corrected chi connectivity index (χ2v) is 4.20. The number of hydrogen-bond acceptors (Lipinski definition) is 4. The molecule has 0 saturated heterocycles. The minimum atomic E-state index is 0. The van der Waals surface area contributed by atoms with Gasteiger partial charge < -0.3 is 11.5 Å². The van der Waals surface area contributed by atoms with Gasteiger partial charge >= 0.3 is 0 Å². The molecule has 0 bridgehead atoms. The molecule has 5 heteroatoms. The fraction of sp³-hybridized carbons (Fsp3) is 0.143. The summed E-state index contributed by atoms with van der Waals surface area (Å²) in [5.41, 5.74) is 16.4. The van der Waals surface area contributed by atoms with Gasteiger partial charge in [0.2, 0.25) is 0 Å². The van der Waals surface area contributed by atoms with Crippen LogP contribution in [0.1, 0.15) is 11.1 Å². The number of azo groups is 1. The van der Waals surface area contributed by atoms with Gasteiger partial charge in [-0.3, -0.25) is 0 Å². The molecule has 100 valence electrons. The summed E-state index contributed by atoms with van der Waals surface area (Å²) in [7, 11) is 0. The molecule has 0 spiro atoms. The van der Waals surface area contributed by atoms with Gasteiger partial charge in [-0.2, -0.15) is 5.11 Å². The molecule has 4 N–H and O–H groups in total. The predicted molar refractivity (Wildman–Crippen MR) is 82.6 cm³/mol. The molecule has 0 aliphatic rings. The zero-order valence-corrected chi connectivity index (χ0v) is 11.7. The quantitative estimate of drug-likeness (QED) is 0.633. The van der Waals surface area contributed by atoms with Crippen molar-refractivity contribution >= 4 is 35.2 Å². The van der Waals surface area contributed by atoms with Crippen LogP contribution in [0.2, 0.25) is 0 Å². The van der Waals surface area contributed by atoms with Crippen molar-refractivity contribution in [2.24, 2.45) is 10.2 Å². The maximum Gasteiger partial charge on any atom is 0.109 e. The fourth-order valence-electron chi connectivity index (χ4n) is 1.60. The van der Waals surface area contributed by atoms with Crippen LogP contribution < -0.4 is 11.5 Å². The molecule has 19 heavy (non-hydrogen) atoms. The van der Waals surface area contributed by atoms with E-state index in [0.29, 0.717) is 17.1 Å². The highest BCUT2D eigenvalue weighted by Gasteiger charge is 2.04. The lowest BCUT2D eigenvalue weighted by atomic mass is 10.1. The molecule has 2 aromatic rings. The number of nitrogens with zero attached hydrogens (tertiary/aromatic N) is 2. The number of anilines is 2. The minimum absolute atomic E-state index is 0. The van der Waals surface area contributed by atoms with Crippen LogP contribution in [0.3, 0.4) is 0 Å². The molecule has 0 aromatic heterocycles. The number of aryl methyl sites for hydroxylation is 1. The Bertz CT molecular complexity index is 608. The average molecular weight is 277 g/mol. The first-order chi connectivity index (χ1) is 8.59. The highest BCUT2D eigenvalue weighted by molar-refractivity contribution is 5.85. The molecule has 0 aliphatic heterocycles. The van der Waals surface area contributed by atoms with Crippen LogP contribution in [0, 0.1) is 13.8 Å². The monoisotopic (exact) mass is 276 g/mol. The Kier molecular flexibility index (Phi) is 4.89. The van der Waals surface area contributed by atoms with Gasteiger partial charge in [0.05, 0.1) is 11.4 Å². The van der Waals surface area contributed by atoms with E-state index in [1.807, 2.05) is 38.1 Å². The summed E-state index contributed by atoms with van der Waals surface area (Å²) in [5, 5.41) is 8.40. The van der Waals surface area contributed by atoms with Crippen molar-refractivity contribution < 1.29 is 0 Å². The largest absolute Gasteiger partial charge is 0.398 e. The molecular weight excluding hydrogens is 260 g/mol. The number of nitrogens with two attached hydrogens (primary N) is 2. The average Bonchev–Trinajstić information content (AvgIpc) is 2.37. The van der Waals surface area contributed by atoms with Gasteiger partial charge in [-0.15, -0.1) is 17.5 Å². The number of halogens is 1. The highest BCUT2D eigenvalue weighted by atomic mass is 35.5. The second kappa shape index (κ2) is 6.20. The van der Waals surface area contributed by atoms with Crippen LogP contribution >= 0.6 is 12.4 Å². The molecule has 0 heterocycles. The summed E-state index contributed by atoms with van der Waals surface area (Å²) in [4.78, 5) is 0. The molecule has 0 aliphatic carbocycles. The standard InChI is InChI=1S/C14H16N4.ClH/c1-9-5-3-4-6-12(9)17-18-13-8-7-11(15)10(2)14(13)16;/h3-8H,15-16H2,1-2H3;1H. The van der Waals surface area contributed by atoms with Crippen molar-refractivity contribution in [3.63, 3.8) is 0 Å². The third-order valence-electron chi connectivity index (χ3n) is 2.91. The van der Waals surface area contributed by atoms with E-state index in [2.05, 4.69) is 10.2 Å². The van der Waals surface area contributed by atoms with Crippen molar-refractivity contribution in [1.82, 2.24) is 0 Å². The summed E-state index contributed by atoms with van der Waals surface area (Å²) < 4.78 is 0. The molecule has 0 saturated carbocycles. The highest BCUT2D eigenvalue weighted by Crippen LogP contribution is 2.31. The van der Waals surface area contributed by atoms with Crippen LogP contribution in [0.4, 0.5) is 22.7 Å². The summed E-state index contributed by atoms with van der Waals surface area (Å²) in [6.45, 7) is 3.86. The van der Waals surface area contributed by atoms with E-state index in [0.717, 1.165) is 16.8 Å². The molecule has 0 unspecified atom stereocenters. The van der Waals surface area contributed by atoms with Crippen molar-refractivity contribution in [2.75, 3.05) is 11.5 Å². The summed E-state index contributed by atoms with van der Waals surface area (Å²) >= 11 is 0. The van der Waals surface area contributed by atoms with E-state index in [-0.39, 0.29) is 12.4 Å². The Hall–Kier alpha value is -2.07. The van der Waals surface area contributed by atoms with Crippen molar-refractivity contribution in [3.8, 4) is 0 Å². The summed E-state index contributed by atoms with van der Waals surface area (Å²) in [6, 6.07) is 11.4. The molecule has 0 amide bonds. The van der Waals surface area contributed by atoms with Gasteiger partial charge in [0, 0.05) is 5.69 Å². The van der Waals surface area contributed by atoms with Gasteiger partial charge in [-0.1, -0.05) is 18.2 Å². The maximum absolute atomic E-state index is 5.95. The topological polar surface area (TPSA) is 76.8 Å². The van der Waals surface area contributed by atoms with Crippen molar-refractivity contribution in [2.45, 2.75) is 13.8 Å². The van der Waals surface area contributed by atoms with Crippen LogP contribution in [0.15, 0.2) is 46.6 Å². The van der Waals surface area contributed by atoms with Crippen LogP contribution in [-0.2, 0) is 0 Å². The first kappa shape index (κ1) is 15.0. The Labute approximate surface area is 118 Å². The first-order valence-electron chi connectivity index (χ1n) is 5.71. The van der Waals surface area contributed by atoms with Crippen LogP contribution in [-0.4, -0.2) is 0 Å². The van der Waals surface area contributed by atoms with Crippen LogP contribution in [0.25, 0.3) is 0 Å². The summed E-state index contributed by atoms with van der Waals surface area (Å²) in [5.74, 6) is 0. The Morgan fingerprint density at radius 3 is 2.16 bits per heavy atom. The fourth-order valence-corrected chi connectivity index (χ4v) is 1.60. The minimum Gasteiger partial charge on any atom is -0.398 e. The maximum atomic E-state index is 5.95. The lowest BCUT2D eigenvalue weighted by Crippen LogP contribution is -1.95. The number of benzene rings is 2. The van der Waals surface area contributed by atoms with E-state index in [1.54, 1.807) is 12.1 Å². The molecule has 0 atom stereocenters. The number of nitrogen functional groups attached to an aromatic ring is 2. The van der Waals surface area contributed by atoms with Gasteiger partial charge in [-0.05, 0) is 43.2 Å². The number of rotatable bonds is 2. The molecule has 0 radical (unpaired) electrons. The smallest absolute Gasteiger partial charge is 0.109 e. The third kappa shape index (κ3) is 3.23. The van der Waals surface area contributed by atoms with E-state index in [9.17, 15) is 0 Å². The Morgan fingerprint density at radius 2 is 1.47 bits per heavy atom. The van der Waals surface area contributed by atoms with E-state index in [4.69, 9.17) is 11.5 Å². The molecule has 2 rings (SSSR count). The van der Waals surface area contributed by atoms with Gasteiger partial charge in [0.15, 0.2) is 0 Å². The van der Waals surface area contributed by atoms with E-state index >= 15 is 0 Å². The van der Waals surface area contributed by atoms with Gasteiger partial charge in [-0.25, -0.2) is 0 Å². The van der Waals surface area contributed by atoms with Crippen LogP contribution in [0.5, 0.6) is 0 Å². The van der Waals surface area contributed by atoms with Gasteiger partial charge in [0.25, 0.3) is 0 Å². The zero-order chi connectivity index (χ0) is 13.1. The lowest BCUT2D eigenvalue weighted by molar-refractivity contribution is 1.21. The summed E-state index contributed by atoms with van der Waals surface area (Å²) in [6.07, 6.45) is 0. The second-order valence-electron chi connectivity index (χ2n) is 4.20. The Balaban J connectivity index is 0.00000180. The first-order valence-corrected chi connectivity index (χ1v) is 5.71. The number of hydrogen-bond donors (Lipinski definition) is 2. The molecular formula is C14H17ClN4. The predicted octanol–water partition coefficient (Wildman–Crippen LogP) is 4.31. The van der Waals surface area contributed by atoms with Crippen molar-refractivity contribution in [3.05, 3.63) is 47.5 Å².